The van der Waals surface area contributed by atoms with Crippen molar-refractivity contribution in [2.45, 2.75) is 93.1 Å². The van der Waals surface area contributed by atoms with Gasteiger partial charge in [0.15, 0.2) is 0 Å². The summed E-state index contributed by atoms with van der Waals surface area (Å²) in [5.41, 5.74) is 9.03. The van der Waals surface area contributed by atoms with Crippen LogP contribution >= 0.6 is 0 Å². The van der Waals surface area contributed by atoms with Crippen LogP contribution in [0.15, 0.2) is 146 Å². The van der Waals surface area contributed by atoms with E-state index in [1.807, 2.05) is 118 Å². The molecule has 1 atom stereocenters. The topological polar surface area (TPSA) is 156 Å². The Hall–Kier alpha value is -9.96. The van der Waals surface area contributed by atoms with E-state index in [2.05, 4.69) is 93.5 Å². The van der Waals surface area contributed by atoms with Crippen molar-refractivity contribution in [3.63, 3.8) is 0 Å². The molecular formula is C73H71N3O9. The second-order valence-corrected chi connectivity index (χ2v) is 21.4. The highest BCUT2D eigenvalue weighted by molar-refractivity contribution is 6.03. The number of hydrogen-bond donors (Lipinski definition) is 1. The first kappa shape index (κ1) is 62.6. The molecule has 1 N–H and O–H groups in total. The molecule has 0 saturated carbocycles. The first-order valence-corrected chi connectivity index (χ1v) is 28.3. The van der Waals surface area contributed by atoms with Crippen LogP contribution in [0.1, 0.15) is 135 Å². The highest BCUT2D eigenvalue weighted by atomic mass is 16.5. The number of nitrogens with zero attached hydrogens (tertiary/aromatic N) is 3. The Morgan fingerprint density at radius 3 is 1.06 bits per heavy atom. The number of aromatic nitrogens is 3. The standard InChI is InChI=1S/C27H29NO3.C24H23NO3.C22H19NO3/c1-7-14-30-23-13-12-22-15-25(27(29)31-19(6)17(2)3)28-26(24(22)16-23)21-10-8-20(9-11-21)18(4)5;1-5-13-28-20-12-11-19-14-22(24(26)27-6-2)25-23(21(19)15-20)18-9-7-17(8-10-18)16(3)4;1-4-11-26-18-10-9-17-12-20(22(24)25)23-21(19(17)13-18)16-7-5-15(6-8-16)14(2)3/h1,8-13,15-19H,14H2,2-6H3;1,7-12,14-16H,6,13H2,2-4H3;1,5-10,12-14H,11H2,2-3H3,(H,24,25). The molecule has 0 bridgehead atoms. The van der Waals surface area contributed by atoms with Crippen LogP contribution in [0.25, 0.3) is 66.1 Å². The van der Waals surface area contributed by atoms with Gasteiger partial charge in [0.2, 0.25) is 0 Å². The number of esters is 2. The molecule has 12 nitrogen and oxygen atoms in total. The minimum Gasteiger partial charge on any atom is -0.481 e. The first-order chi connectivity index (χ1) is 40.8. The van der Waals surface area contributed by atoms with Gasteiger partial charge in [-0.15, -0.1) is 19.3 Å². The van der Waals surface area contributed by atoms with Crippen LogP contribution in [0.5, 0.6) is 17.2 Å². The average Bonchev–Trinajstić information content (AvgIpc) is 1.70. The van der Waals surface area contributed by atoms with E-state index in [1.165, 1.54) is 16.7 Å². The summed E-state index contributed by atoms with van der Waals surface area (Å²) in [6, 6.07) is 46.3. The number of terminal acetylenes is 3. The Bertz CT molecular complexity index is 3960. The Morgan fingerprint density at radius 2 is 0.765 bits per heavy atom. The molecule has 3 heterocycles. The maximum Gasteiger partial charge on any atom is 0.357 e. The fourth-order valence-electron chi connectivity index (χ4n) is 8.95. The number of hydrogen-bond acceptors (Lipinski definition) is 11. The smallest absolute Gasteiger partial charge is 0.357 e. The molecule has 0 radical (unpaired) electrons. The number of aromatic carboxylic acids is 1. The molecule has 0 saturated heterocycles. The van der Waals surface area contributed by atoms with Crippen LogP contribution in [0.3, 0.4) is 0 Å². The summed E-state index contributed by atoms with van der Waals surface area (Å²) < 4.78 is 27.4. The molecule has 0 amide bonds. The molecule has 0 spiro atoms. The van der Waals surface area contributed by atoms with Crippen molar-refractivity contribution in [1.82, 2.24) is 15.0 Å². The number of carbonyl (C=O) groups is 3. The van der Waals surface area contributed by atoms with Crippen molar-refractivity contribution in [2.75, 3.05) is 26.4 Å². The third-order valence-corrected chi connectivity index (χ3v) is 14.1. The van der Waals surface area contributed by atoms with Crippen molar-refractivity contribution in [3.8, 4) is 88.1 Å². The molecule has 3 aromatic heterocycles. The van der Waals surface area contributed by atoms with Gasteiger partial charge in [0.05, 0.1) is 23.7 Å². The third kappa shape index (κ3) is 16.2. The highest BCUT2D eigenvalue weighted by Crippen LogP contribution is 2.35. The average molecular weight is 1130 g/mol. The van der Waals surface area contributed by atoms with Crippen molar-refractivity contribution < 1.29 is 43.2 Å². The van der Waals surface area contributed by atoms with Crippen LogP contribution in [-0.4, -0.2) is 70.5 Å². The Kier molecular flexibility index (Phi) is 21.6. The zero-order valence-electron chi connectivity index (χ0n) is 49.9. The predicted octanol–water partition coefficient (Wildman–Crippen LogP) is 16.2. The number of carbonyl (C=O) groups excluding carboxylic acids is 2. The van der Waals surface area contributed by atoms with E-state index in [-0.39, 0.29) is 43.2 Å². The largest absolute Gasteiger partial charge is 0.481 e. The fourth-order valence-corrected chi connectivity index (χ4v) is 8.95. The molecule has 9 rings (SSSR count). The van der Waals surface area contributed by atoms with E-state index in [9.17, 15) is 19.5 Å². The Balaban J connectivity index is 0.000000183. The van der Waals surface area contributed by atoms with Crippen LogP contribution in [0.4, 0.5) is 0 Å². The molecule has 0 aliphatic rings. The van der Waals surface area contributed by atoms with Gasteiger partial charge in [-0.3, -0.25) is 0 Å². The lowest BCUT2D eigenvalue weighted by atomic mass is 9.98. The van der Waals surface area contributed by atoms with Crippen molar-refractivity contribution in [1.29, 1.82) is 0 Å². The van der Waals surface area contributed by atoms with Gasteiger partial charge in [-0.25, -0.2) is 29.3 Å². The van der Waals surface area contributed by atoms with E-state index in [0.717, 1.165) is 49.0 Å². The summed E-state index contributed by atoms with van der Waals surface area (Å²) in [6.07, 6.45) is 15.7. The number of ether oxygens (including phenoxy) is 5. The normalized spacial score (nSPS) is 11.2. The quantitative estimate of drug-likeness (QED) is 0.0642. The lowest BCUT2D eigenvalue weighted by Crippen LogP contribution is -2.21. The lowest BCUT2D eigenvalue weighted by Gasteiger charge is -2.17. The molecule has 9 aromatic rings. The highest BCUT2D eigenvalue weighted by Gasteiger charge is 2.21. The minimum absolute atomic E-state index is 0.0118. The van der Waals surface area contributed by atoms with Gasteiger partial charge in [-0.2, -0.15) is 0 Å². The molecule has 0 aliphatic carbocycles. The van der Waals surface area contributed by atoms with Crippen LogP contribution in [-0.2, 0) is 9.47 Å². The zero-order chi connectivity index (χ0) is 61.3. The van der Waals surface area contributed by atoms with Gasteiger partial charge in [0.25, 0.3) is 0 Å². The fraction of sp³-hybridized carbons (Fsp3) is 0.260. The lowest BCUT2D eigenvalue weighted by molar-refractivity contribution is 0.0231. The second-order valence-electron chi connectivity index (χ2n) is 21.4. The summed E-state index contributed by atoms with van der Waals surface area (Å²) >= 11 is 0. The maximum atomic E-state index is 12.8. The van der Waals surface area contributed by atoms with Crippen molar-refractivity contribution in [3.05, 3.63) is 179 Å². The van der Waals surface area contributed by atoms with E-state index in [1.54, 1.807) is 31.2 Å². The Morgan fingerprint density at radius 1 is 0.447 bits per heavy atom. The molecule has 6 aromatic carbocycles. The van der Waals surface area contributed by atoms with Crippen LogP contribution in [0.2, 0.25) is 0 Å². The van der Waals surface area contributed by atoms with E-state index < -0.39 is 17.9 Å². The first-order valence-electron chi connectivity index (χ1n) is 28.3. The predicted molar refractivity (Wildman–Crippen MR) is 339 cm³/mol. The summed E-state index contributed by atoms with van der Waals surface area (Å²) in [6.45, 7) is 21.4. The molecular weight excluding hydrogens is 1060 g/mol. The Labute approximate surface area is 498 Å². The summed E-state index contributed by atoms with van der Waals surface area (Å²) in [5, 5.41) is 14.5. The molecule has 432 valence electrons. The summed E-state index contributed by atoms with van der Waals surface area (Å²) in [5.74, 6) is 8.94. The SMILES string of the molecule is C#CCOc1ccc2cc(C(=O)O)nc(-c3ccc(C(C)C)cc3)c2c1.C#CCOc1ccc2cc(C(=O)OC(C)C(C)C)nc(-c3ccc(C(C)C)cc3)c2c1.C#CCOc1ccc2cc(C(=O)OCC)nc(-c3ccc(C(C)C)cc3)c2c1. The van der Waals surface area contributed by atoms with E-state index in [4.69, 9.17) is 47.9 Å². The van der Waals surface area contributed by atoms with Crippen LogP contribution in [0, 0.1) is 42.9 Å². The zero-order valence-corrected chi connectivity index (χ0v) is 49.9. The van der Waals surface area contributed by atoms with Gasteiger partial charge in [0, 0.05) is 32.8 Å². The minimum atomic E-state index is -1.06. The van der Waals surface area contributed by atoms with Gasteiger partial charge in [-0.05, 0) is 125 Å². The number of benzene rings is 6. The molecule has 0 aliphatic heterocycles. The number of rotatable bonds is 18. The van der Waals surface area contributed by atoms with E-state index >= 15 is 0 Å². The van der Waals surface area contributed by atoms with Gasteiger partial charge in [-0.1, -0.05) is 164 Å². The van der Waals surface area contributed by atoms with Crippen molar-refractivity contribution in [2.24, 2.45) is 5.92 Å². The number of carboxylic acid groups (broad SMARTS) is 1. The summed E-state index contributed by atoms with van der Waals surface area (Å²) in [4.78, 5) is 50.3. The number of carboxylic acids is 1. The van der Waals surface area contributed by atoms with Gasteiger partial charge in [0.1, 0.15) is 60.3 Å². The summed E-state index contributed by atoms with van der Waals surface area (Å²) in [7, 11) is 0. The molecule has 85 heavy (non-hydrogen) atoms. The molecule has 1 unspecified atom stereocenters. The molecule has 0 fully saturated rings. The van der Waals surface area contributed by atoms with E-state index in [0.29, 0.717) is 64.4 Å². The van der Waals surface area contributed by atoms with Crippen molar-refractivity contribution >= 4 is 50.2 Å². The van der Waals surface area contributed by atoms with Gasteiger partial charge < -0.3 is 28.8 Å². The molecule has 12 heteroatoms. The monoisotopic (exact) mass is 1130 g/mol. The van der Waals surface area contributed by atoms with Crippen LogP contribution < -0.4 is 14.2 Å². The maximum absolute atomic E-state index is 12.8. The van der Waals surface area contributed by atoms with Gasteiger partial charge >= 0.3 is 17.9 Å². The second kappa shape index (κ2) is 29.3. The third-order valence-electron chi connectivity index (χ3n) is 14.1. The number of fused-ring (bicyclic) bond motifs is 3. The number of pyridine rings is 3.